The molecule has 0 unspecified atom stereocenters. The predicted molar refractivity (Wildman–Crippen MR) is 79.4 cm³/mol. The molecule has 0 spiro atoms. The number of anilines is 1. The van der Waals surface area contributed by atoms with Gasteiger partial charge in [0, 0.05) is 23.8 Å². The summed E-state index contributed by atoms with van der Waals surface area (Å²) in [5.74, 6) is -0.444. The van der Waals surface area contributed by atoms with Crippen molar-refractivity contribution in [1.29, 1.82) is 0 Å². The van der Waals surface area contributed by atoms with Crippen molar-refractivity contribution < 1.29 is 19.1 Å². The van der Waals surface area contributed by atoms with Crippen molar-refractivity contribution in [2.75, 3.05) is 25.5 Å². The molecule has 6 nitrogen and oxygen atoms in total. The highest BCUT2D eigenvalue weighted by Crippen LogP contribution is 2.22. The fourth-order valence-corrected chi connectivity index (χ4v) is 2.59. The fraction of sp³-hybridized carbons (Fsp3) is 0.385. The molecule has 1 saturated heterocycles. The summed E-state index contributed by atoms with van der Waals surface area (Å²) >= 11 is 3.28. The van der Waals surface area contributed by atoms with Crippen LogP contribution >= 0.6 is 15.9 Å². The summed E-state index contributed by atoms with van der Waals surface area (Å²) in [6.07, 6.45) is -2.59. The molecule has 3 N–H and O–H groups in total. The van der Waals surface area contributed by atoms with Crippen molar-refractivity contribution in [2.45, 2.75) is 12.2 Å². The Morgan fingerprint density at radius 2 is 2.14 bits per heavy atom. The van der Waals surface area contributed by atoms with Gasteiger partial charge in [-0.25, -0.2) is 9.18 Å². The minimum Gasteiger partial charge on any atom is -0.465 e. The van der Waals surface area contributed by atoms with Crippen molar-refractivity contribution in [3.63, 3.8) is 0 Å². The Morgan fingerprint density at radius 3 is 2.71 bits per heavy atom. The van der Waals surface area contributed by atoms with Gasteiger partial charge >= 0.3 is 6.09 Å². The van der Waals surface area contributed by atoms with E-state index < -0.39 is 24.2 Å². The van der Waals surface area contributed by atoms with E-state index in [1.54, 1.807) is 25.2 Å². The number of hydrogen-bond acceptors (Lipinski definition) is 3. The van der Waals surface area contributed by atoms with Gasteiger partial charge in [0.1, 0.15) is 6.17 Å². The number of benzene rings is 1. The lowest BCUT2D eigenvalue weighted by molar-refractivity contribution is 0.0923. The van der Waals surface area contributed by atoms with Crippen molar-refractivity contribution in [3.8, 4) is 0 Å². The van der Waals surface area contributed by atoms with Gasteiger partial charge in [-0.2, -0.15) is 0 Å². The molecule has 1 aliphatic rings. The summed E-state index contributed by atoms with van der Waals surface area (Å²) in [4.78, 5) is 24.0. The van der Waals surface area contributed by atoms with Gasteiger partial charge in [-0.3, -0.25) is 4.79 Å². The average Bonchev–Trinajstić information content (AvgIpc) is 2.80. The Balaban J connectivity index is 2.12. The maximum atomic E-state index is 13.8. The second-order valence-corrected chi connectivity index (χ2v) is 5.64. The smallest absolute Gasteiger partial charge is 0.407 e. The summed E-state index contributed by atoms with van der Waals surface area (Å²) in [5.41, 5.74) is 0.979. The standard InChI is InChI=1S/C13H15BrFN3O3/c1-16-10-3-2-7(14)4-8(10)12(19)17-11-6-18(13(20)21)5-9(11)15/h2-4,9,11,16H,5-6H2,1H3,(H,17,19)(H,20,21)/t9-,11+/m0/s1. The summed E-state index contributed by atoms with van der Waals surface area (Å²) in [7, 11) is 1.68. The van der Waals surface area contributed by atoms with E-state index in [2.05, 4.69) is 26.6 Å². The highest BCUT2D eigenvalue weighted by atomic mass is 79.9. The zero-order chi connectivity index (χ0) is 15.6. The molecule has 0 bridgehead atoms. The van der Waals surface area contributed by atoms with Gasteiger partial charge in [0.05, 0.1) is 18.2 Å². The zero-order valence-electron chi connectivity index (χ0n) is 11.3. The molecule has 21 heavy (non-hydrogen) atoms. The SMILES string of the molecule is CNc1ccc(Br)cc1C(=O)N[C@@H]1CN(C(=O)O)C[C@@H]1F. The quantitative estimate of drug-likeness (QED) is 0.769. The van der Waals surface area contributed by atoms with Crippen LogP contribution in [-0.4, -0.2) is 54.4 Å². The molecule has 0 saturated carbocycles. The first-order valence-electron chi connectivity index (χ1n) is 6.32. The minimum absolute atomic E-state index is 0.0505. The Morgan fingerprint density at radius 1 is 1.43 bits per heavy atom. The van der Waals surface area contributed by atoms with Crippen molar-refractivity contribution in [3.05, 3.63) is 28.2 Å². The van der Waals surface area contributed by atoms with Crippen LogP contribution in [0.15, 0.2) is 22.7 Å². The molecule has 1 heterocycles. The van der Waals surface area contributed by atoms with Crippen LogP contribution in [0.5, 0.6) is 0 Å². The van der Waals surface area contributed by atoms with Gasteiger partial charge in [0.25, 0.3) is 5.91 Å². The van der Waals surface area contributed by atoms with E-state index in [0.717, 1.165) is 9.37 Å². The maximum absolute atomic E-state index is 13.8. The number of amides is 2. The lowest BCUT2D eigenvalue weighted by Crippen LogP contribution is -2.41. The largest absolute Gasteiger partial charge is 0.465 e. The Labute approximate surface area is 129 Å². The average molecular weight is 360 g/mol. The van der Waals surface area contributed by atoms with Gasteiger partial charge in [-0.1, -0.05) is 15.9 Å². The number of rotatable bonds is 3. The molecule has 1 aromatic carbocycles. The number of likely N-dealkylation sites (tertiary alicyclic amines) is 1. The summed E-state index contributed by atoms with van der Waals surface area (Å²) in [5, 5.41) is 14.3. The molecule has 1 fully saturated rings. The number of halogens is 2. The number of nitrogens with one attached hydrogen (secondary N) is 2. The van der Waals surface area contributed by atoms with Crippen LogP contribution in [0.1, 0.15) is 10.4 Å². The Bertz CT molecular complexity index is 570. The van der Waals surface area contributed by atoms with Crippen LogP contribution in [0.4, 0.5) is 14.9 Å². The van der Waals surface area contributed by atoms with E-state index >= 15 is 0 Å². The van der Waals surface area contributed by atoms with Crippen molar-refractivity contribution in [2.24, 2.45) is 0 Å². The first-order valence-corrected chi connectivity index (χ1v) is 7.11. The van der Waals surface area contributed by atoms with E-state index in [-0.39, 0.29) is 13.1 Å². The van der Waals surface area contributed by atoms with Gasteiger partial charge < -0.3 is 20.6 Å². The summed E-state index contributed by atoms with van der Waals surface area (Å²) in [6.45, 7) is -0.275. The lowest BCUT2D eigenvalue weighted by atomic mass is 10.1. The number of hydrogen-bond donors (Lipinski definition) is 3. The monoisotopic (exact) mass is 359 g/mol. The van der Waals surface area contributed by atoms with Gasteiger partial charge in [-0.15, -0.1) is 0 Å². The normalized spacial score (nSPS) is 21.2. The molecule has 0 aliphatic carbocycles. The number of alkyl halides is 1. The molecule has 2 rings (SSSR count). The van der Waals surface area contributed by atoms with Crippen LogP contribution < -0.4 is 10.6 Å². The number of nitrogens with zero attached hydrogens (tertiary/aromatic N) is 1. The van der Waals surface area contributed by atoms with Crippen LogP contribution in [-0.2, 0) is 0 Å². The fourth-order valence-electron chi connectivity index (χ4n) is 2.22. The number of carboxylic acid groups (broad SMARTS) is 1. The molecule has 2 amide bonds. The molecule has 1 aliphatic heterocycles. The van der Waals surface area contributed by atoms with Gasteiger partial charge in [0.15, 0.2) is 0 Å². The second-order valence-electron chi connectivity index (χ2n) is 4.72. The lowest BCUT2D eigenvalue weighted by Gasteiger charge is -2.16. The third-order valence-corrected chi connectivity index (χ3v) is 3.82. The molecule has 1 aromatic rings. The highest BCUT2D eigenvalue weighted by molar-refractivity contribution is 9.10. The van der Waals surface area contributed by atoms with Crippen molar-refractivity contribution >= 4 is 33.6 Å². The zero-order valence-corrected chi connectivity index (χ0v) is 12.9. The van der Waals surface area contributed by atoms with Crippen LogP contribution in [0.25, 0.3) is 0 Å². The first-order chi connectivity index (χ1) is 9.92. The molecule has 0 aromatic heterocycles. The molecule has 2 atom stereocenters. The molecular formula is C13H15BrFN3O3. The number of carbonyl (C=O) groups is 2. The maximum Gasteiger partial charge on any atom is 0.407 e. The Hall–Kier alpha value is -1.83. The van der Waals surface area contributed by atoms with Crippen molar-refractivity contribution in [1.82, 2.24) is 10.2 Å². The molecule has 8 heteroatoms. The second kappa shape index (κ2) is 6.30. The topological polar surface area (TPSA) is 81.7 Å². The van der Waals surface area contributed by atoms with Crippen LogP contribution in [0, 0.1) is 0 Å². The van der Waals surface area contributed by atoms with E-state index in [0.29, 0.717) is 11.3 Å². The van der Waals surface area contributed by atoms with E-state index in [9.17, 15) is 14.0 Å². The van der Waals surface area contributed by atoms with Crippen LogP contribution in [0.3, 0.4) is 0 Å². The summed E-state index contributed by atoms with van der Waals surface area (Å²) < 4.78 is 14.5. The molecule has 114 valence electrons. The highest BCUT2D eigenvalue weighted by Gasteiger charge is 2.36. The first kappa shape index (κ1) is 15.6. The van der Waals surface area contributed by atoms with Gasteiger partial charge in [-0.05, 0) is 18.2 Å². The van der Waals surface area contributed by atoms with E-state index in [4.69, 9.17) is 5.11 Å². The molecular weight excluding hydrogens is 345 g/mol. The van der Waals surface area contributed by atoms with Crippen LogP contribution in [0.2, 0.25) is 0 Å². The van der Waals surface area contributed by atoms with E-state index in [1.807, 2.05) is 0 Å². The predicted octanol–water partition coefficient (Wildman–Crippen LogP) is 1.92. The third kappa shape index (κ3) is 3.44. The molecule has 0 radical (unpaired) electrons. The van der Waals surface area contributed by atoms with Gasteiger partial charge in [0.2, 0.25) is 0 Å². The third-order valence-electron chi connectivity index (χ3n) is 3.33. The van der Waals surface area contributed by atoms with E-state index in [1.165, 1.54) is 0 Å². The summed E-state index contributed by atoms with van der Waals surface area (Å²) in [6, 6.07) is 4.29. The Kier molecular flexibility index (Phi) is 4.66. The number of carbonyl (C=O) groups excluding carboxylic acids is 1. The minimum atomic E-state index is -1.41.